The molecule has 2 amide bonds. The highest BCUT2D eigenvalue weighted by Crippen LogP contribution is 2.41. The van der Waals surface area contributed by atoms with E-state index in [1.54, 1.807) is 13.8 Å². The summed E-state index contributed by atoms with van der Waals surface area (Å²) in [7, 11) is 1.45. The van der Waals surface area contributed by atoms with Gasteiger partial charge in [-0.2, -0.15) is 4.91 Å². The van der Waals surface area contributed by atoms with Gasteiger partial charge < -0.3 is 15.2 Å². The van der Waals surface area contributed by atoms with Gasteiger partial charge in [0.2, 0.25) is 0 Å². The second kappa shape index (κ2) is 7.28. The fraction of sp³-hybridized carbons (Fsp3) is 0.692. The molecule has 0 radical (unpaired) electrons. The van der Waals surface area contributed by atoms with Crippen LogP contribution >= 0.6 is 0 Å². The van der Waals surface area contributed by atoms with Gasteiger partial charge in [0.25, 0.3) is 0 Å². The molecule has 1 saturated carbocycles. The van der Waals surface area contributed by atoms with Gasteiger partial charge in [-0.1, -0.05) is 5.18 Å². The molecule has 0 aromatic carbocycles. The molecule has 0 saturated heterocycles. The van der Waals surface area contributed by atoms with Crippen LogP contribution in [0.5, 0.6) is 0 Å². The van der Waals surface area contributed by atoms with E-state index in [0.717, 1.165) is 0 Å². The molecule has 0 spiro atoms. The normalized spacial score (nSPS) is 27.5. The van der Waals surface area contributed by atoms with Gasteiger partial charge in [-0.3, -0.25) is 9.69 Å². The number of nitrogens with zero attached hydrogens (tertiary/aromatic N) is 2. The zero-order chi connectivity index (χ0) is 16.0. The molecule has 8 nitrogen and oxygen atoms in total. The molecule has 2 N–H and O–H groups in total. The monoisotopic (exact) mass is 299 g/mol. The number of aliphatic hydroxyl groups is 1. The summed E-state index contributed by atoms with van der Waals surface area (Å²) < 4.78 is 5.82. The van der Waals surface area contributed by atoms with Crippen LogP contribution in [0, 0.1) is 4.91 Å². The molecule has 1 rings (SSSR count). The highest BCUT2D eigenvalue weighted by molar-refractivity contribution is 5.76. The number of hydrogen-bond acceptors (Lipinski definition) is 6. The Labute approximate surface area is 123 Å². The van der Waals surface area contributed by atoms with E-state index >= 15 is 0 Å². The molecule has 0 aromatic heterocycles. The topological polar surface area (TPSA) is 108 Å². The number of rotatable bonds is 7. The molecular weight excluding hydrogens is 278 g/mol. The van der Waals surface area contributed by atoms with Crippen molar-refractivity contribution in [1.29, 1.82) is 0 Å². The summed E-state index contributed by atoms with van der Waals surface area (Å²) in [6, 6.07) is -1.10. The third-order valence-electron chi connectivity index (χ3n) is 3.65. The molecular formula is C13H21N3O5. The van der Waals surface area contributed by atoms with E-state index in [1.165, 1.54) is 24.2 Å². The molecule has 0 aromatic rings. The molecule has 21 heavy (non-hydrogen) atoms. The van der Waals surface area contributed by atoms with Crippen LogP contribution in [0.1, 0.15) is 26.7 Å². The van der Waals surface area contributed by atoms with Gasteiger partial charge in [0.05, 0.1) is 6.10 Å². The SMILES string of the molecule is CNC(=O)N(/C=C\C=O)C(C)OC1(C(C)N=O)CC(O)C1. The summed E-state index contributed by atoms with van der Waals surface area (Å²) in [6.07, 6.45) is 2.29. The highest BCUT2D eigenvalue weighted by atomic mass is 16.5. The number of carbonyl (C=O) groups excluding carboxylic acids is 2. The quantitative estimate of drug-likeness (QED) is 0.312. The van der Waals surface area contributed by atoms with Crippen LogP contribution in [0.4, 0.5) is 4.79 Å². The molecule has 8 heteroatoms. The number of carbonyl (C=O) groups is 2. The number of amides is 2. The zero-order valence-corrected chi connectivity index (χ0v) is 12.4. The van der Waals surface area contributed by atoms with Crippen molar-refractivity contribution < 1.29 is 19.4 Å². The lowest BCUT2D eigenvalue weighted by Crippen LogP contribution is -2.59. The van der Waals surface area contributed by atoms with Gasteiger partial charge in [-0.25, -0.2) is 4.79 Å². The van der Waals surface area contributed by atoms with Gasteiger partial charge in [-0.15, -0.1) is 0 Å². The lowest BCUT2D eigenvalue weighted by molar-refractivity contribution is -0.207. The molecule has 0 heterocycles. The minimum atomic E-state index is -0.887. The fourth-order valence-electron chi connectivity index (χ4n) is 2.38. The third kappa shape index (κ3) is 3.85. The Morgan fingerprint density at radius 2 is 2.14 bits per heavy atom. The average molecular weight is 299 g/mol. The maximum Gasteiger partial charge on any atom is 0.323 e. The Kier molecular flexibility index (Phi) is 5.98. The summed E-state index contributed by atoms with van der Waals surface area (Å²) in [5.41, 5.74) is -0.887. The minimum absolute atomic E-state index is 0.281. The smallest absolute Gasteiger partial charge is 0.323 e. The first-order valence-electron chi connectivity index (χ1n) is 6.70. The highest BCUT2D eigenvalue weighted by Gasteiger charge is 2.51. The van der Waals surface area contributed by atoms with Gasteiger partial charge in [0, 0.05) is 26.1 Å². The predicted octanol–water partition coefficient (Wildman–Crippen LogP) is 0.751. The molecule has 118 valence electrons. The van der Waals surface area contributed by atoms with E-state index < -0.39 is 30.0 Å². The molecule has 0 aliphatic heterocycles. The van der Waals surface area contributed by atoms with Crippen LogP contribution in [-0.2, 0) is 9.53 Å². The number of urea groups is 1. The van der Waals surface area contributed by atoms with Crippen LogP contribution in [0.15, 0.2) is 17.5 Å². The first kappa shape index (κ1) is 17.3. The summed E-state index contributed by atoms with van der Waals surface area (Å²) in [6.45, 7) is 3.23. The van der Waals surface area contributed by atoms with Crippen molar-refractivity contribution >= 4 is 12.3 Å². The van der Waals surface area contributed by atoms with Crippen LogP contribution in [-0.4, -0.2) is 53.3 Å². The second-order valence-electron chi connectivity index (χ2n) is 5.07. The molecule has 1 fully saturated rings. The predicted molar refractivity (Wildman–Crippen MR) is 75.3 cm³/mol. The largest absolute Gasteiger partial charge is 0.393 e. The van der Waals surface area contributed by atoms with Crippen molar-refractivity contribution in [2.45, 2.75) is 50.7 Å². The maximum atomic E-state index is 11.8. The average Bonchev–Trinajstić information content (AvgIpc) is 2.44. The van der Waals surface area contributed by atoms with Gasteiger partial charge in [0.1, 0.15) is 24.2 Å². The van der Waals surface area contributed by atoms with E-state index in [1.807, 2.05) is 0 Å². The number of aliphatic hydroxyl groups excluding tert-OH is 1. The maximum absolute atomic E-state index is 11.8. The van der Waals surface area contributed by atoms with E-state index in [4.69, 9.17) is 4.74 Å². The Hall–Kier alpha value is -1.80. The van der Waals surface area contributed by atoms with Crippen molar-refractivity contribution in [1.82, 2.24) is 10.2 Å². The van der Waals surface area contributed by atoms with Crippen LogP contribution in [0.25, 0.3) is 0 Å². The number of allylic oxidation sites excluding steroid dienone is 1. The second-order valence-corrected chi connectivity index (χ2v) is 5.07. The molecule has 2 atom stereocenters. The van der Waals surface area contributed by atoms with Crippen molar-refractivity contribution in [3.05, 3.63) is 17.2 Å². The van der Waals surface area contributed by atoms with E-state index in [-0.39, 0.29) is 12.8 Å². The number of nitrogens with one attached hydrogen (secondary N) is 1. The Bertz CT molecular complexity index is 420. The fourth-order valence-corrected chi connectivity index (χ4v) is 2.38. The van der Waals surface area contributed by atoms with Crippen LogP contribution in [0.2, 0.25) is 0 Å². The lowest BCUT2D eigenvalue weighted by atomic mass is 9.73. The van der Waals surface area contributed by atoms with Crippen LogP contribution in [0.3, 0.4) is 0 Å². The minimum Gasteiger partial charge on any atom is -0.393 e. The zero-order valence-electron chi connectivity index (χ0n) is 12.4. The van der Waals surface area contributed by atoms with Crippen molar-refractivity contribution in [2.24, 2.45) is 5.18 Å². The Morgan fingerprint density at radius 3 is 2.57 bits per heavy atom. The Balaban J connectivity index is 2.85. The summed E-state index contributed by atoms with van der Waals surface area (Å²) >= 11 is 0. The van der Waals surface area contributed by atoms with Gasteiger partial charge in [0.15, 0.2) is 0 Å². The lowest BCUT2D eigenvalue weighted by Gasteiger charge is -2.48. The van der Waals surface area contributed by atoms with E-state index in [9.17, 15) is 19.6 Å². The van der Waals surface area contributed by atoms with Crippen molar-refractivity contribution in [3.63, 3.8) is 0 Å². The number of nitroso groups, excluding NO2 is 1. The molecule has 0 bridgehead atoms. The van der Waals surface area contributed by atoms with Gasteiger partial charge >= 0.3 is 6.03 Å². The summed E-state index contributed by atoms with van der Waals surface area (Å²) in [5.74, 6) is 0. The van der Waals surface area contributed by atoms with Crippen LogP contribution < -0.4 is 5.32 Å². The first-order valence-corrected chi connectivity index (χ1v) is 6.70. The Morgan fingerprint density at radius 1 is 1.52 bits per heavy atom. The summed E-state index contributed by atoms with van der Waals surface area (Å²) in [5, 5.41) is 14.9. The van der Waals surface area contributed by atoms with Crippen molar-refractivity contribution in [2.75, 3.05) is 7.05 Å². The number of hydrogen-bond donors (Lipinski definition) is 2. The third-order valence-corrected chi connectivity index (χ3v) is 3.65. The molecule has 2 unspecified atom stereocenters. The summed E-state index contributed by atoms with van der Waals surface area (Å²) in [4.78, 5) is 34.2. The van der Waals surface area contributed by atoms with Crippen molar-refractivity contribution in [3.8, 4) is 0 Å². The first-order chi connectivity index (χ1) is 9.90. The molecule has 1 aliphatic rings. The number of ether oxygens (including phenoxy) is 1. The van der Waals surface area contributed by atoms with Gasteiger partial charge in [-0.05, 0) is 19.9 Å². The van der Waals surface area contributed by atoms with E-state index in [0.29, 0.717) is 6.29 Å². The van der Waals surface area contributed by atoms with E-state index in [2.05, 4.69) is 10.5 Å². The number of aldehydes is 1. The standard InChI is InChI=1S/C13H21N3O5/c1-9(15-20)13(7-11(18)8-13)21-10(2)16(5-4-6-17)12(19)14-3/h4-6,9-11,18H,7-8H2,1-3H3,(H,14,19)/b5-4-. The molecule has 1 aliphatic carbocycles.